The lowest BCUT2D eigenvalue weighted by Gasteiger charge is -2.23. The number of hydrazine groups is 1. The second kappa shape index (κ2) is 5.65. The highest BCUT2D eigenvalue weighted by molar-refractivity contribution is 6.30. The largest absolute Gasteiger partial charge is 0.501 e. The van der Waals surface area contributed by atoms with Crippen molar-refractivity contribution in [3.8, 4) is 0 Å². The number of nitrogens with two attached hydrogens (primary N) is 1. The summed E-state index contributed by atoms with van der Waals surface area (Å²) < 4.78 is 32.4. The molecular weight excluding hydrogens is 262 g/mol. The van der Waals surface area contributed by atoms with Crippen LogP contribution >= 0.6 is 11.6 Å². The van der Waals surface area contributed by atoms with E-state index < -0.39 is 17.7 Å². The van der Waals surface area contributed by atoms with Crippen LogP contribution in [0.2, 0.25) is 5.02 Å². The Labute approximate surface area is 109 Å². The normalized spacial score (nSPS) is 17.0. The average molecular weight is 275 g/mol. The standard InChI is InChI=1S/C12H13ClF2N2O/c13-9-5-10(14)8(4-11(9)15)12(17-16)7-2-1-3-18-6-7/h4-6,12,17H,1-3,16H2. The molecule has 1 aliphatic rings. The summed E-state index contributed by atoms with van der Waals surface area (Å²) in [4.78, 5) is 0. The Kier molecular flexibility index (Phi) is 4.16. The minimum atomic E-state index is -0.675. The number of hydrogen-bond donors (Lipinski definition) is 2. The molecule has 1 heterocycles. The maximum Gasteiger partial charge on any atom is 0.142 e. The van der Waals surface area contributed by atoms with Crippen LogP contribution in [0.15, 0.2) is 24.0 Å². The Bertz CT molecular complexity index is 479. The number of hydrogen-bond acceptors (Lipinski definition) is 3. The van der Waals surface area contributed by atoms with Gasteiger partial charge in [0.15, 0.2) is 0 Å². The average Bonchev–Trinajstić information content (AvgIpc) is 2.38. The van der Waals surface area contributed by atoms with Crippen molar-refractivity contribution in [2.24, 2.45) is 5.84 Å². The first-order valence-corrected chi connectivity index (χ1v) is 5.92. The van der Waals surface area contributed by atoms with Crippen molar-refractivity contribution in [1.29, 1.82) is 0 Å². The topological polar surface area (TPSA) is 47.3 Å². The molecule has 2 rings (SSSR count). The minimum absolute atomic E-state index is 0.121. The summed E-state index contributed by atoms with van der Waals surface area (Å²) in [5.41, 5.74) is 3.38. The fraction of sp³-hybridized carbons (Fsp3) is 0.333. The first-order chi connectivity index (χ1) is 8.63. The molecule has 18 heavy (non-hydrogen) atoms. The lowest BCUT2D eigenvalue weighted by atomic mass is 9.95. The van der Waals surface area contributed by atoms with Crippen molar-refractivity contribution in [2.45, 2.75) is 18.9 Å². The zero-order chi connectivity index (χ0) is 13.1. The third-order valence-corrected chi connectivity index (χ3v) is 3.14. The Balaban J connectivity index is 2.38. The second-order valence-electron chi connectivity index (χ2n) is 4.05. The maximum atomic E-state index is 13.8. The van der Waals surface area contributed by atoms with Crippen molar-refractivity contribution in [1.82, 2.24) is 5.43 Å². The van der Waals surface area contributed by atoms with E-state index in [1.807, 2.05) is 0 Å². The Morgan fingerprint density at radius 1 is 1.33 bits per heavy atom. The maximum absolute atomic E-state index is 13.8. The van der Waals surface area contributed by atoms with Gasteiger partial charge in [0.1, 0.15) is 11.6 Å². The summed E-state index contributed by atoms with van der Waals surface area (Å²) in [7, 11) is 0. The molecule has 1 aliphatic heterocycles. The highest BCUT2D eigenvalue weighted by atomic mass is 35.5. The SMILES string of the molecule is NNC(C1=COCCC1)c1cc(F)c(Cl)cc1F. The molecule has 0 amide bonds. The van der Waals surface area contributed by atoms with Crippen LogP contribution in [0.4, 0.5) is 8.78 Å². The van der Waals surface area contributed by atoms with Gasteiger partial charge in [0.2, 0.25) is 0 Å². The van der Waals surface area contributed by atoms with Gasteiger partial charge < -0.3 is 4.74 Å². The summed E-state index contributed by atoms with van der Waals surface area (Å²) >= 11 is 5.51. The van der Waals surface area contributed by atoms with E-state index in [1.54, 1.807) is 6.26 Å². The molecule has 1 atom stereocenters. The summed E-state index contributed by atoms with van der Waals surface area (Å²) in [6.45, 7) is 0.623. The number of rotatable bonds is 3. The van der Waals surface area contributed by atoms with Crippen molar-refractivity contribution in [2.75, 3.05) is 6.61 Å². The van der Waals surface area contributed by atoms with Crippen molar-refractivity contribution in [3.63, 3.8) is 0 Å². The molecule has 1 aromatic carbocycles. The van der Waals surface area contributed by atoms with Crippen molar-refractivity contribution in [3.05, 3.63) is 46.2 Å². The fourth-order valence-electron chi connectivity index (χ4n) is 1.95. The Morgan fingerprint density at radius 2 is 2.11 bits per heavy atom. The van der Waals surface area contributed by atoms with Gasteiger partial charge in [0.25, 0.3) is 0 Å². The second-order valence-corrected chi connectivity index (χ2v) is 4.46. The quantitative estimate of drug-likeness (QED) is 0.506. The van der Waals surface area contributed by atoms with Crippen molar-refractivity contribution >= 4 is 11.6 Å². The highest BCUT2D eigenvalue weighted by Gasteiger charge is 2.22. The van der Waals surface area contributed by atoms with Crippen LogP contribution in [-0.2, 0) is 4.74 Å². The van der Waals surface area contributed by atoms with Crippen LogP contribution < -0.4 is 11.3 Å². The van der Waals surface area contributed by atoms with E-state index in [9.17, 15) is 8.78 Å². The predicted octanol–water partition coefficient (Wildman–Crippen LogP) is 2.82. The molecule has 3 N–H and O–H groups in total. The molecule has 1 unspecified atom stereocenters. The molecule has 0 saturated heterocycles. The van der Waals surface area contributed by atoms with E-state index in [-0.39, 0.29) is 10.6 Å². The minimum Gasteiger partial charge on any atom is -0.501 e. The molecular formula is C12H13ClF2N2O. The first-order valence-electron chi connectivity index (χ1n) is 5.54. The Hall–Kier alpha value is -1.17. The van der Waals surface area contributed by atoms with Crippen LogP contribution in [0, 0.1) is 11.6 Å². The lowest BCUT2D eigenvalue weighted by molar-refractivity contribution is 0.219. The monoisotopic (exact) mass is 274 g/mol. The van der Waals surface area contributed by atoms with E-state index in [2.05, 4.69) is 5.43 Å². The van der Waals surface area contributed by atoms with Crippen LogP contribution in [0.25, 0.3) is 0 Å². The molecule has 0 radical (unpaired) electrons. The Morgan fingerprint density at radius 3 is 2.72 bits per heavy atom. The van der Waals surface area contributed by atoms with Gasteiger partial charge in [-0.3, -0.25) is 5.84 Å². The van der Waals surface area contributed by atoms with E-state index in [4.69, 9.17) is 22.2 Å². The van der Waals surface area contributed by atoms with Gasteiger partial charge in [0.05, 0.1) is 23.9 Å². The predicted molar refractivity (Wildman–Crippen MR) is 64.7 cm³/mol. The van der Waals surface area contributed by atoms with Gasteiger partial charge in [-0.25, -0.2) is 14.2 Å². The third-order valence-electron chi connectivity index (χ3n) is 2.85. The number of halogens is 3. The fourth-order valence-corrected chi connectivity index (χ4v) is 2.10. The van der Waals surface area contributed by atoms with Gasteiger partial charge in [-0.2, -0.15) is 0 Å². The van der Waals surface area contributed by atoms with Crippen LogP contribution in [0.1, 0.15) is 24.4 Å². The molecule has 6 heteroatoms. The zero-order valence-electron chi connectivity index (χ0n) is 9.55. The van der Waals surface area contributed by atoms with Crippen LogP contribution in [-0.4, -0.2) is 6.61 Å². The third kappa shape index (κ3) is 2.63. The molecule has 0 saturated carbocycles. The van der Waals surface area contributed by atoms with Crippen LogP contribution in [0.5, 0.6) is 0 Å². The molecule has 98 valence electrons. The summed E-state index contributed by atoms with van der Waals surface area (Å²) in [5, 5.41) is -0.249. The van der Waals surface area contributed by atoms with Gasteiger partial charge in [-0.1, -0.05) is 11.6 Å². The number of benzene rings is 1. The molecule has 1 aromatic rings. The van der Waals surface area contributed by atoms with E-state index >= 15 is 0 Å². The van der Waals surface area contributed by atoms with Gasteiger partial charge in [-0.15, -0.1) is 0 Å². The zero-order valence-corrected chi connectivity index (χ0v) is 10.3. The molecule has 0 spiro atoms. The summed E-state index contributed by atoms with van der Waals surface area (Å²) in [6.07, 6.45) is 3.08. The van der Waals surface area contributed by atoms with E-state index in [0.29, 0.717) is 6.61 Å². The van der Waals surface area contributed by atoms with Crippen molar-refractivity contribution < 1.29 is 13.5 Å². The van der Waals surface area contributed by atoms with Gasteiger partial charge >= 0.3 is 0 Å². The smallest absolute Gasteiger partial charge is 0.142 e. The van der Waals surface area contributed by atoms with Gasteiger partial charge in [-0.05, 0) is 30.5 Å². The van der Waals surface area contributed by atoms with Crippen LogP contribution in [0.3, 0.4) is 0 Å². The summed E-state index contributed by atoms with van der Waals surface area (Å²) in [6, 6.07) is 1.38. The van der Waals surface area contributed by atoms with E-state index in [1.165, 1.54) is 0 Å². The summed E-state index contributed by atoms with van der Waals surface area (Å²) in [5.74, 6) is 4.15. The molecule has 3 nitrogen and oxygen atoms in total. The number of ether oxygens (including phenoxy) is 1. The molecule has 0 bridgehead atoms. The molecule has 0 fully saturated rings. The lowest BCUT2D eigenvalue weighted by Crippen LogP contribution is -2.31. The van der Waals surface area contributed by atoms with Gasteiger partial charge in [0, 0.05) is 5.56 Å². The molecule has 0 aliphatic carbocycles. The molecule has 0 aromatic heterocycles. The first kappa shape index (κ1) is 13.3. The van der Waals surface area contributed by atoms with E-state index in [0.717, 1.165) is 30.5 Å². The number of nitrogens with one attached hydrogen (secondary N) is 1. The highest BCUT2D eigenvalue weighted by Crippen LogP contribution is 2.31.